The number of hydrogen-bond donors (Lipinski definition) is 2. The topological polar surface area (TPSA) is 72.2 Å². The van der Waals surface area contributed by atoms with E-state index in [2.05, 4.69) is 20.7 Å². The Kier molecular flexibility index (Phi) is 6.60. The fourth-order valence-electron chi connectivity index (χ4n) is 1.01. The first-order valence-electron chi connectivity index (χ1n) is 4.85. The fourth-order valence-corrected chi connectivity index (χ4v) is 2.75. The lowest BCUT2D eigenvalue weighted by Gasteiger charge is -2.19. The molecule has 4 nitrogen and oxygen atoms in total. The van der Waals surface area contributed by atoms with Crippen LogP contribution in [-0.4, -0.2) is 20.5 Å². The van der Waals surface area contributed by atoms with E-state index in [-0.39, 0.29) is 23.8 Å². The molecule has 1 aromatic carbocycles. The van der Waals surface area contributed by atoms with E-state index in [1.54, 1.807) is 19.9 Å². The Morgan fingerprint density at radius 1 is 1.44 bits per heavy atom. The first-order chi connectivity index (χ1) is 7.62. The van der Waals surface area contributed by atoms with Crippen molar-refractivity contribution < 1.29 is 8.42 Å². The van der Waals surface area contributed by atoms with Gasteiger partial charge in [-0.05, 0) is 48.0 Å². The quantitative estimate of drug-likeness (QED) is 0.846. The maximum absolute atomic E-state index is 11.9. The van der Waals surface area contributed by atoms with Crippen molar-refractivity contribution in [2.24, 2.45) is 5.73 Å². The predicted molar refractivity (Wildman–Crippen MR) is 79.9 cm³/mol. The average Bonchev–Trinajstić information content (AvgIpc) is 2.18. The number of hydrogen-bond acceptors (Lipinski definition) is 3. The maximum Gasteiger partial charge on any atom is 0.240 e. The van der Waals surface area contributed by atoms with Crippen LogP contribution in [0, 0.1) is 0 Å². The minimum atomic E-state index is -3.57. The van der Waals surface area contributed by atoms with E-state index >= 15 is 0 Å². The van der Waals surface area contributed by atoms with Crippen LogP contribution in [0.15, 0.2) is 27.6 Å². The highest BCUT2D eigenvalue weighted by atomic mass is 79.9. The smallest absolute Gasteiger partial charge is 0.240 e. The average molecular weight is 378 g/mol. The van der Waals surface area contributed by atoms with Crippen LogP contribution in [0.5, 0.6) is 0 Å². The van der Waals surface area contributed by atoms with Gasteiger partial charge in [-0.1, -0.05) is 11.6 Å². The summed E-state index contributed by atoms with van der Waals surface area (Å²) in [5.74, 6) is 0. The Morgan fingerprint density at radius 3 is 2.44 bits per heavy atom. The lowest BCUT2D eigenvalue weighted by molar-refractivity contribution is 0.498. The third-order valence-corrected chi connectivity index (χ3v) is 4.55. The van der Waals surface area contributed by atoms with Crippen molar-refractivity contribution in [1.82, 2.24) is 4.72 Å². The molecule has 18 heavy (non-hydrogen) atoms. The third kappa shape index (κ3) is 5.42. The van der Waals surface area contributed by atoms with Gasteiger partial charge in [-0.3, -0.25) is 0 Å². The summed E-state index contributed by atoms with van der Waals surface area (Å²) < 4.78 is 26.9. The van der Waals surface area contributed by atoms with Gasteiger partial charge in [0.1, 0.15) is 0 Å². The van der Waals surface area contributed by atoms with Gasteiger partial charge in [0.2, 0.25) is 10.0 Å². The first kappa shape index (κ1) is 18.1. The molecular weight excluding hydrogens is 363 g/mol. The van der Waals surface area contributed by atoms with Gasteiger partial charge in [0.25, 0.3) is 0 Å². The molecule has 0 aliphatic carbocycles. The Bertz CT molecular complexity index is 515. The number of benzene rings is 1. The van der Waals surface area contributed by atoms with E-state index < -0.39 is 15.6 Å². The number of nitrogens with one attached hydrogen (secondary N) is 1. The SMILES string of the molecule is CC(C)(N)CNS(=O)(=O)c1ccc(Br)c(Cl)c1.Cl. The maximum atomic E-state index is 11.9. The second-order valence-corrected chi connectivity index (χ2v) is 7.42. The molecule has 3 N–H and O–H groups in total. The molecule has 0 unspecified atom stereocenters. The molecule has 0 radical (unpaired) electrons. The molecule has 0 aliphatic heterocycles. The molecule has 104 valence electrons. The Morgan fingerprint density at radius 2 is 2.00 bits per heavy atom. The van der Waals surface area contributed by atoms with E-state index in [1.165, 1.54) is 12.1 Å². The monoisotopic (exact) mass is 376 g/mol. The largest absolute Gasteiger partial charge is 0.324 e. The molecule has 0 saturated carbocycles. The molecule has 0 bridgehead atoms. The molecule has 0 spiro atoms. The highest BCUT2D eigenvalue weighted by Gasteiger charge is 2.19. The van der Waals surface area contributed by atoms with Crippen LogP contribution in [0.3, 0.4) is 0 Å². The van der Waals surface area contributed by atoms with Crippen molar-refractivity contribution in [3.8, 4) is 0 Å². The summed E-state index contributed by atoms with van der Waals surface area (Å²) >= 11 is 9.05. The lowest BCUT2D eigenvalue weighted by atomic mass is 10.1. The van der Waals surface area contributed by atoms with Crippen molar-refractivity contribution >= 4 is 50.0 Å². The van der Waals surface area contributed by atoms with Crippen LogP contribution in [0.25, 0.3) is 0 Å². The fraction of sp³-hybridized carbons (Fsp3) is 0.400. The summed E-state index contributed by atoms with van der Waals surface area (Å²) in [7, 11) is -3.57. The molecule has 0 aromatic heterocycles. The van der Waals surface area contributed by atoms with Crippen LogP contribution in [0.1, 0.15) is 13.8 Å². The second kappa shape index (κ2) is 6.54. The van der Waals surface area contributed by atoms with Crippen molar-refractivity contribution in [2.75, 3.05) is 6.54 Å². The third-order valence-electron chi connectivity index (χ3n) is 1.92. The Hall–Kier alpha value is 0.150. The standard InChI is InChI=1S/C10H14BrClN2O2S.ClH/c1-10(2,13)6-14-17(15,16)7-3-4-8(11)9(12)5-7;/h3-5,14H,6,13H2,1-2H3;1H. The van der Waals surface area contributed by atoms with Crippen molar-refractivity contribution in [3.63, 3.8) is 0 Å². The number of halogens is 3. The van der Waals surface area contributed by atoms with E-state index in [4.69, 9.17) is 17.3 Å². The van der Waals surface area contributed by atoms with Gasteiger partial charge in [0.15, 0.2) is 0 Å². The summed E-state index contributed by atoms with van der Waals surface area (Å²) in [6.45, 7) is 3.64. The summed E-state index contributed by atoms with van der Waals surface area (Å²) in [5, 5.41) is 0.347. The summed E-state index contributed by atoms with van der Waals surface area (Å²) in [6.07, 6.45) is 0. The molecule has 8 heteroatoms. The van der Waals surface area contributed by atoms with Crippen LogP contribution in [-0.2, 0) is 10.0 Å². The van der Waals surface area contributed by atoms with Gasteiger partial charge in [-0.2, -0.15) is 0 Å². The summed E-state index contributed by atoms with van der Waals surface area (Å²) in [6, 6.07) is 4.45. The molecular formula is C10H15BrCl2N2O2S. The Labute approximate surface area is 127 Å². The normalized spacial score (nSPS) is 12.1. The molecule has 0 atom stereocenters. The number of nitrogens with two attached hydrogens (primary N) is 1. The van der Waals surface area contributed by atoms with Crippen molar-refractivity contribution in [3.05, 3.63) is 27.7 Å². The molecule has 0 fully saturated rings. The van der Waals surface area contributed by atoms with Gasteiger partial charge < -0.3 is 5.73 Å². The minimum absolute atomic E-state index is 0. The van der Waals surface area contributed by atoms with Crippen LogP contribution in [0.4, 0.5) is 0 Å². The van der Waals surface area contributed by atoms with Crippen molar-refractivity contribution in [2.45, 2.75) is 24.3 Å². The zero-order valence-corrected chi connectivity index (χ0v) is 13.9. The zero-order valence-electron chi connectivity index (χ0n) is 9.91. The molecule has 0 heterocycles. The van der Waals surface area contributed by atoms with Gasteiger partial charge >= 0.3 is 0 Å². The van der Waals surface area contributed by atoms with E-state index in [0.717, 1.165) is 0 Å². The van der Waals surface area contributed by atoms with Crippen molar-refractivity contribution in [1.29, 1.82) is 0 Å². The van der Waals surface area contributed by atoms with E-state index in [0.29, 0.717) is 9.50 Å². The summed E-state index contributed by atoms with van der Waals surface area (Å²) in [4.78, 5) is 0.120. The van der Waals surface area contributed by atoms with Gasteiger partial charge in [-0.25, -0.2) is 13.1 Å². The summed E-state index contributed by atoms with van der Waals surface area (Å²) in [5.41, 5.74) is 5.11. The highest BCUT2D eigenvalue weighted by molar-refractivity contribution is 9.10. The lowest BCUT2D eigenvalue weighted by Crippen LogP contribution is -2.45. The molecule has 1 aromatic rings. The van der Waals surface area contributed by atoms with Gasteiger partial charge in [0, 0.05) is 16.6 Å². The van der Waals surface area contributed by atoms with E-state index in [1.807, 2.05) is 0 Å². The van der Waals surface area contributed by atoms with Gasteiger partial charge in [0.05, 0.1) is 9.92 Å². The molecule has 1 rings (SSSR count). The van der Waals surface area contributed by atoms with Crippen LogP contribution < -0.4 is 10.5 Å². The second-order valence-electron chi connectivity index (χ2n) is 4.39. The van der Waals surface area contributed by atoms with E-state index in [9.17, 15) is 8.42 Å². The Balaban J connectivity index is 0.00000289. The molecule has 0 saturated heterocycles. The predicted octanol–water partition coefficient (Wildman–Crippen LogP) is 2.54. The molecule has 0 aliphatic rings. The van der Waals surface area contributed by atoms with Crippen LogP contribution in [0.2, 0.25) is 5.02 Å². The minimum Gasteiger partial charge on any atom is -0.324 e. The number of sulfonamides is 1. The number of rotatable bonds is 4. The first-order valence-corrected chi connectivity index (χ1v) is 7.51. The van der Waals surface area contributed by atoms with Gasteiger partial charge in [-0.15, -0.1) is 12.4 Å². The zero-order chi connectivity index (χ0) is 13.3. The molecule has 0 amide bonds. The van der Waals surface area contributed by atoms with Crippen LogP contribution >= 0.6 is 39.9 Å². The highest BCUT2D eigenvalue weighted by Crippen LogP contribution is 2.25.